The molecule has 0 atom stereocenters. The highest BCUT2D eigenvalue weighted by Gasteiger charge is 2.12. The van der Waals surface area contributed by atoms with Crippen molar-refractivity contribution in [2.75, 3.05) is 13.7 Å². The highest BCUT2D eigenvalue weighted by atomic mass is 16.5. The summed E-state index contributed by atoms with van der Waals surface area (Å²) >= 11 is 0. The molecule has 0 fully saturated rings. The van der Waals surface area contributed by atoms with Gasteiger partial charge in [0.2, 0.25) is 0 Å². The molecule has 21 heavy (non-hydrogen) atoms. The molecule has 0 aliphatic heterocycles. The maximum Gasteiger partial charge on any atom is 0.172 e. The van der Waals surface area contributed by atoms with Crippen molar-refractivity contribution in [2.45, 2.75) is 13.5 Å². The molecule has 4 nitrogen and oxygen atoms in total. The Morgan fingerprint density at radius 1 is 1.00 bits per heavy atom. The molecule has 0 N–H and O–H groups in total. The molecule has 0 aliphatic carbocycles. The largest absolute Gasteiger partial charge is 0.496 e. The number of methoxy groups -OCH3 is 1. The van der Waals surface area contributed by atoms with E-state index in [0.717, 1.165) is 17.6 Å². The van der Waals surface area contributed by atoms with Crippen LogP contribution >= 0.6 is 0 Å². The van der Waals surface area contributed by atoms with Crippen LogP contribution in [0.1, 0.15) is 22.8 Å². The summed E-state index contributed by atoms with van der Waals surface area (Å²) in [4.78, 5) is 11.2. The van der Waals surface area contributed by atoms with E-state index in [1.54, 1.807) is 25.3 Å². The molecule has 0 bridgehead atoms. The Balaban J connectivity index is 2.24. The molecule has 4 heteroatoms. The monoisotopic (exact) mass is 286 g/mol. The maximum absolute atomic E-state index is 11.2. The average Bonchev–Trinajstić information content (AvgIpc) is 2.54. The van der Waals surface area contributed by atoms with E-state index in [-0.39, 0.29) is 0 Å². The molecule has 0 saturated carbocycles. The van der Waals surface area contributed by atoms with Gasteiger partial charge in [0.25, 0.3) is 0 Å². The van der Waals surface area contributed by atoms with Gasteiger partial charge in [-0.2, -0.15) is 0 Å². The first kappa shape index (κ1) is 14.9. The molecule has 0 heterocycles. The van der Waals surface area contributed by atoms with Crippen molar-refractivity contribution in [2.24, 2.45) is 0 Å². The predicted octanol–water partition coefficient (Wildman–Crippen LogP) is 3.49. The van der Waals surface area contributed by atoms with E-state index in [0.29, 0.717) is 30.3 Å². The van der Waals surface area contributed by atoms with E-state index < -0.39 is 0 Å². The molecule has 2 rings (SSSR count). The van der Waals surface area contributed by atoms with Gasteiger partial charge in [0.05, 0.1) is 19.3 Å². The maximum atomic E-state index is 11.2. The fourth-order valence-corrected chi connectivity index (χ4v) is 2.02. The average molecular weight is 286 g/mol. The van der Waals surface area contributed by atoms with Crippen LogP contribution in [0.15, 0.2) is 42.5 Å². The summed E-state index contributed by atoms with van der Waals surface area (Å²) < 4.78 is 16.6. The molecule has 2 aromatic carbocycles. The van der Waals surface area contributed by atoms with E-state index in [2.05, 4.69) is 0 Å². The standard InChI is InChI=1S/C17H18O4/c1-3-20-16-10-6-8-13(11-18)17(16)21-12-14-7-4-5-9-15(14)19-2/h4-11H,3,12H2,1-2H3. The zero-order valence-corrected chi connectivity index (χ0v) is 12.2. The Kier molecular flexibility index (Phi) is 5.21. The number of carbonyl (C=O) groups is 1. The summed E-state index contributed by atoms with van der Waals surface area (Å²) in [5, 5.41) is 0. The number of hydrogen-bond acceptors (Lipinski definition) is 4. The first-order chi connectivity index (χ1) is 10.3. The van der Waals surface area contributed by atoms with Crippen LogP contribution in [-0.2, 0) is 6.61 Å². The first-order valence-electron chi connectivity index (χ1n) is 6.75. The number of para-hydroxylation sites is 2. The molecule has 0 aliphatic rings. The Labute approximate surface area is 124 Å². The summed E-state index contributed by atoms with van der Waals surface area (Å²) in [6, 6.07) is 12.9. The van der Waals surface area contributed by atoms with Crippen molar-refractivity contribution in [1.82, 2.24) is 0 Å². The second-order valence-corrected chi connectivity index (χ2v) is 4.33. The molecule has 0 amide bonds. The summed E-state index contributed by atoms with van der Waals surface area (Å²) in [6.07, 6.45) is 0.764. The minimum atomic E-state index is 0.301. The van der Waals surface area contributed by atoms with E-state index in [1.807, 2.05) is 31.2 Å². The molecular formula is C17H18O4. The van der Waals surface area contributed by atoms with Crippen LogP contribution in [0.4, 0.5) is 0 Å². The van der Waals surface area contributed by atoms with Gasteiger partial charge in [0, 0.05) is 5.56 Å². The van der Waals surface area contributed by atoms with Gasteiger partial charge in [-0.15, -0.1) is 0 Å². The number of carbonyl (C=O) groups excluding carboxylic acids is 1. The van der Waals surface area contributed by atoms with Gasteiger partial charge in [0.15, 0.2) is 17.8 Å². The molecule has 0 aromatic heterocycles. The van der Waals surface area contributed by atoms with Crippen LogP contribution < -0.4 is 14.2 Å². The number of hydrogen-bond donors (Lipinski definition) is 0. The van der Waals surface area contributed by atoms with Gasteiger partial charge >= 0.3 is 0 Å². The molecule has 2 aromatic rings. The predicted molar refractivity (Wildman–Crippen MR) is 80.3 cm³/mol. The number of benzene rings is 2. The van der Waals surface area contributed by atoms with Crippen LogP contribution in [0, 0.1) is 0 Å². The second-order valence-electron chi connectivity index (χ2n) is 4.33. The third-order valence-corrected chi connectivity index (χ3v) is 3.00. The number of ether oxygens (including phenoxy) is 3. The SMILES string of the molecule is CCOc1cccc(C=O)c1OCc1ccccc1OC. The Morgan fingerprint density at radius 2 is 1.76 bits per heavy atom. The summed E-state index contributed by atoms with van der Waals surface area (Å²) in [7, 11) is 1.61. The van der Waals surface area contributed by atoms with Crippen molar-refractivity contribution in [1.29, 1.82) is 0 Å². The van der Waals surface area contributed by atoms with Crippen LogP contribution in [0.5, 0.6) is 17.2 Å². The third-order valence-electron chi connectivity index (χ3n) is 3.00. The van der Waals surface area contributed by atoms with Crippen LogP contribution in [-0.4, -0.2) is 20.0 Å². The fourth-order valence-electron chi connectivity index (χ4n) is 2.02. The second kappa shape index (κ2) is 7.33. The third kappa shape index (κ3) is 3.54. The minimum absolute atomic E-state index is 0.301. The summed E-state index contributed by atoms with van der Waals surface area (Å²) in [6.45, 7) is 2.69. The molecular weight excluding hydrogens is 268 g/mol. The topological polar surface area (TPSA) is 44.8 Å². The highest BCUT2D eigenvalue weighted by Crippen LogP contribution is 2.32. The number of aldehydes is 1. The van der Waals surface area contributed by atoms with Crippen molar-refractivity contribution in [3.8, 4) is 17.2 Å². The Hall–Kier alpha value is -2.49. The minimum Gasteiger partial charge on any atom is -0.496 e. The Bertz CT molecular complexity index is 607. The van der Waals surface area contributed by atoms with Gasteiger partial charge in [0.1, 0.15) is 12.4 Å². The summed E-state index contributed by atoms with van der Waals surface area (Å²) in [5.41, 5.74) is 1.37. The van der Waals surface area contributed by atoms with E-state index in [1.165, 1.54) is 0 Å². The Morgan fingerprint density at radius 3 is 2.48 bits per heavy atom. The molecule has 0 saturated heterocycles. The normalized spacial score (nSPS) is 10.0. The van der Waals surface area contributed by atoms with Gasteiger partial charge in [-0.1, -0.05) is 24.3 Å². The lowest BCUT2D eigenvalue weighted by atomic mass is 10.2. The molecule has 0 spiro atoms. The van der Waals surface area contributed by atoms with Crippen molar-refractivity contribution in [3.05, 3.63) is 53.6 Å². The highest BCUT2D eigenvalue weighted by molar-refractivity contribution is 5.81. The number of rotatable bonds is 7. The molecule has 110 valence electrons. The summed E-state index contributed by atoms with van der Waals surface area (Å²) in [5.74, 6) is 1.77. The fraction of sp³-hybridized carbons (Fsp3) is 0.235. The van der Waals surface area contributed by atoms with Gasteiger partial charge in [-0.3, -0.25) is 4.79 Å². The molecule has 0 radical (unpaired) electrons. The van der Waals surface area contributed by atoms with E-state index >= 15 is 0 Å². The van der Waals surface area contributed by atoms with E-state index in [9.17, 15) is 4.79 Å². The lowest BCUT2D eigenvalue weighted by molar-refractivity contribution is 0.111. The van der Waals surface area contributed by atoms with Crippen molar-refractivity contribution in [3.63, 3.8) is 0 Å². The zero-order chi connectivity index (χ0) is 15.1. The smallest absolute Gasteiger partial charge is 0.172 e. The van der Waals surface area contributed by atoms with Gasteiger partial charge < -0.3 is 14.2 Å². The van der Waals surface area contributed by atoms with E-state index in [4.69, 9.17) is 14.2 Å². The van der Waals surface area contributed by atoms with Crippen LogP contribution in [0.3, 0.4) is 0 Å². The van der Waals surface area contributed by atoms with Gasteiger partial charge in [-0.05, 0) is 25.1 Å². The van der Waals surface area contributed by atoms with Crippen LogP contribution in [0.2, 0.25) is 0 Å². The lowest BCUT2D eigenvalue weighted by Gasteiger charge is -2.14. The van der Waals surface area contributed by atoms with Gasteiger partial charge in [-0.25, -0.2) is 0 Å². The quantitative estimate of drug-likeness (QED) is 0.731. The lowest BCUT2D eigenvalue weighted by Crippen LogP contribution is -2.03. The van der Waals surface area contributed by atoms with Crippen molar-refractivity contribution < 1.29 is 19.0 Å². The molecule has 0 unspecified atom stereocenters. The van der Waals surface area contributed by atoms with Crippen LogP contribution in [0.25, 0.3) is 0 Å². The van der Waals surface area contributed by atoms with Crippen molar-refractivity contribution >= 4 is 6.29 Å². The first-order valence-corrected chi connectivity index (χ1v) is 6.75. The zero-order valence-electron chi connectivity index (χ0n) is 12.2.